The van der Waals surface area contributed by atoms with Crippen LogP contribution in [0.5, 0.6) is 5.75 Å². The lowest BCUT2D eigenvalue weighted by Gasteiger charge is -2.15. The molecular weight excluding hydrogens is 364 g/mol. The molecule has 0 saturated carbocycles. The SMILES string of the molecule is CN=C(NCCn1cc([N+](=O)[O-])cn1)NCc1ccc(C)cc1OCCOC. The fraction of sp³-hybridized carbons (Fsp3) is 0.444. The molecule has 0 unspecified atom stereocenters. The number of nitro groups is 1. The summed E-state index contributed by atoms with van der Waals surface area (Å²) in [6.45, 7) is 4.55. The van der Waals surface area contributed by atoms with Crippen molar-refractivity contribution in [3.8, 4) is 5.75 Å². The summed E-state index contributed by atoms with van der Waals surface area (Å²) < 4.78 is 12.3. The van der Waals surface area contributed by atoms with Gasteiger partial charge < -0.3 is 20.1 Å². The molecule has 28 heavy (non-hydrogen) atoms. The van der Waals surface area contributed by atoms with Crippen LogP contribution < -0.4 is 15.4 Å². The normalized spacial score (nSPS) is 11.3. The molecule has 0 atom stereocenters. The fourth-order valence-corrected chi connectivity index (χ4v) is 2.43. The van der Waals surface area contributed by atoms with Crippen molar-refractivity contribution in [1.82, 2.24) is 20.4 Å². The summed E-state index contributed by atoms with van der Waals surface area (Å²) in [6.07, 6.45) is 2.63. The van der Waals surface area contributed by atoms with Crippen molar-refractivity contribution in [1.29, 1.82) is 0 Å². The largest absolute Gasteiger partial charge is 0.491 e. The van der Waals surface area contributed by atoms with Crippen LogP contribution in [0.25, 0.3) is 0 Å². The Morgan fingerprint density at radius 1 is 1.36 bits per heavy atom. The van der Waals surface area contributed by atoms with Crippen molar-refractivity contribution in [3.63, 3.8) is 0 Å². The third-order valence-corrected chi connectivity index (χ3v) is 3.90. The molecule has 10 heteroatoms. The van der Waals surface area contributed by atoms with Crippen LogP contribution in [-0.4, -0.2) is 54.6 Å². The van der Waals surface area contributed by atoms with E-state index in [1.807, 2.05) is 25.1 Å². The molecule has 2 N–H and O–H groups in total. The lowest BCUT2D eigenvalue weighted by molar-refractivity contribution is -0.385. The van der Waals surface area contributed by atoms with E-state index < -0.39 is 4.92 Å². The molecule has 1 heterocycles. The first-order chi connectivity index (χ1) is 13.5. The van der Waals surface area contributed by atoms with Crippen LogP contribution in [0, 0.1) is 17.0 Å². The van der Waals surface area contributed by atoms with Gasteiger partial charge in [-0.3, -0.25) is 19.8 Å². The Labute approximate surface area is 163 Å². The number of ether oxygens (including phenoxy) is 2. The van der Waals surface area contributed by atoms with E-state index in [0.29, 0.717) is 38.8 Å². The Hall–Kier alpha value is -3.14. The maximum atomic E-state index is 10.7. The molecule has 0 aliphatic rings. The van der Waals surface area contributed by atoms with Gasteiger partial charge in [-0.15, -0.1) is 0 Å². The van der Waals surface area contributed by atoms with Crippen LogP contribution in [0.2, 0.25) is 0 Å². The third kappa shape index (κ3) is 6.54. The van der Waals surface area contributed by atoms with E-state index in [4.69, 9.17) is 9.47 Å². The number of methoxy groups -OCH3 is 1. The first-order valence-electron chi connectivity index (χ1n) is 8.86. The van der Waals surface area contributed by atoms with Crippen molar-refractivity contribution < 1.29 is 14.4 Å². The predicted octanol–water partition coefficient (Wildman–Crippen LogP) is 1.49. The van der Waals surface area contributed by atoms with Gasteiger partial charge in [-0.05, 0) is 18.6 Å². The van der Waals surface area contributed by atoms with Gasteiger partial charge in [0.05, 0.1) is 18.1 Å². The summed E-state index contributed by atoms with van der Waals surface area (Å²) in [7, 11) is 3.32. The smallest absolute Gasteiger partial charge is 0.306 e. The molecule has 0 fully saturated rings. The van der Waals surface area contributed by atoms with Gasteiger partial charge in [-0.25, -0.2) is 0 Å². The first-order valence-corrected chi connectivity index (χ1v) is 8.86. The number of aryl methyl sites for hydroxylation is 1. The first kappa shape index (κ1) is 21.2. The standard InChI is InChI=1S/C18H26N6O4/c1-14-4-5-15(17(10-14)28-9-8-27-3)11-21-18(19-2)20-6-7-23-13-16(12-22-23)24(25)26/h4-5,10,12-13H,6-9,11H2,1-3H3,(H2,19,20,21). The van der Waals surface area contributed by atoms with Gasteiger partial charge in [0.15, 0.2) is 5.96 Å². The lowest BCUT2D eigenvalue weighted by Crippen LogP contribution is -2.38. The maximum absolute atomic E-state index is 10.7. The maximum Gasteiger partial charge on any atom is 0.306 e. The van der Waals surface area contributed by atoms with Gasteiger partial charge >= 0.3 is 5.69 Å². The molecule has 1 aromatic carbocycles. The van der Waals surface area contributed by atoms with Crippen molar-refractivity contribution in [2.24, 2.45) is 4.99 Å². The number of hydrogen-bond acceptors (Lipinski definition) is 6. The Kier molecular flexibility index (Phi) is 8.22. The van der Waals surface area contributed by atoms with Crippen molar-refractivity contribution >= 4 is 11.6 Å². The topological polar surface area (TPSA) is 116 Å². The van der Waals surface area contributed by atoms with Crippen LogP contribution in [0.1, 0.15) is 11.1 Å². The number of aromatic nitrogens is 2. The van der Waals surface area contributed by atoms with Gasteiger partial charge in [-0.2, -0.15) is 5.10 Å². The number of guanidine groups is 1. The number of aliphatic imine (C=N–C) groups is 1. The van der Waals surface area contributed by atoms with E-state index in [0.717, 1.165) is 16.9 Å². The lowest BCUT2D eigenvalue weighted by atomic mass is 10.1. The molecule has 1 aromatic heterocycles. The van der Waals surface area contributed by atoms with Crippen LogP contribution >= 0.6 is 0 Å². The van der Waals surface area contributed by atoms with Gasteiger partial charge in [0.25, 0.3) is 0 Å². The van der Waals surface area contributed by atoms with Gasteiger partial charge in [0.1, 0.15) is 24.8 Å². The quantitative estimate of drug-likeness (QED) is 0.208. The average Bonchev–Trinajstić information content (AvgIpc) is 3.15. The summed E-state index contributed by atoms with van der Waals surface area (Å²) in [5, 5.41) is 21.0. The van der Waals surface area contributed by atoms with Crippen LogP contribution in [0.15, 0.2) is 35.6 Å². The molecule has 0 radical (unpaired) electrons. The minimum absolute atomic E-state index is 0.0251. The number of hydrogen-bond donors (Lipinski definition) is 2. The highest BCUT2D eigenvalue weighted by Gasteiger charge is 2.09. The summed E-state index contributed by atoms with van der Waals surface area (Å²) in [5.74, 6) is 1.42. The zero-order chi connectivity index (χ0) is 20.4. The summed E-state index contributed by atoms with van der Waals surface area (Å²) in [4.78, 5) is 14.4. The van der Waals surface area contributed by atoms with Crippen LogP contribution in [0.3, 0.4) is 0 Å². The zero-order valence-corrected chi connectivity index (χ0v) is 16.3. The van der Waals surface area contributed by atoms with Gasteiger partial charge in [-0.1, -0.05) is 12.1 Å². The number of nitrogens with one attached hydrogen (secondary N) is 2. The molecule has 2 rings (SSSR count). The Balaban J connectivity index is 1.85. The second-order valence-corrected chi connectivity index (χ2v) is 6.02. The van der Waals surface area contributed by atoms with Crippen molar-refractivity contribution in [3.05, 3.63) is 51.8 Å². The van der Waals surface area contributed by atoms with Crippen LogP contribution in [0.4, 0.5) is 5.69 Å². The van der Waals surface area contributed by atoms with Crippen molar-refractivity contribution in [2.45, 2.75) is 20.0 Å². The van der Waals surface area contributed by atoms with E-state index in [-0.39, 0.29) is 5.69 Å². The minimum Gasteiger partial charge on any atom is -0.491 e. The van der Waals surface area contributed by atoms with Crippen molar-refractivity contribution in [2.75, 3.05) is 33.9 Å². The zero-order valence-electron chi connectivity index (χ0n) is 16.3. The number of nitrogens with zero attached hydrogens (tertiary/aromatic N) is 4. The molecule has 0 spiro atoms. The molecule has 10 nitrogen and oxygen atoms in total. The Morgan fingerprint density at radius 3 is 2.86 bits per heavy atom. The summed E-state index contributed by atoms with van der Waals surface area (Å²) >= 11 is 0. The molecular formula is C18H26N6O4. The van der Waals surface area contributed by atoms with E-state index in [1.54, 1.807) is 14.2 Å². The van der Waals surface area contributed by atoms with Crippen LogP contribution in [-0.2, 0) is 17.8 Å². The van der Waals surface area contributed by atoms with Gasteiger partial charge in [0.2, 0.25) is 0 Å². The van der Waals surface area contributed by atoms with Gasteiger partial charge in [0, 0.05) is 32.8 Å². The molecule has 0 amide bonds. The highest BCUT2D eigenvalue weighted by Crippen LogP contribution is 2.20. The van der Waals surface area contributed by atoms with E-state index in [1.165, 1.54) is 17.1 Å². The summed E-state index contributed by atoms with van der Waals surface area (Å²) in [6, 6.07) is 6.04. The third-order valence-electron chi connectivity index (χ3n) is 3.90. The van der Waals surface area contributed by atoms with E-state index >= 15 is 0 Å². The Bertz CT molecular complexity index is 805. The average molecular weight is 390 g/mol. The van der Waals surface area contributed by atoms with E-state index in [9.17, 15) is 10.1 Å². The molecule has 152 valence electrons. The highest BCUT2D eigenvalue weighted by molar-refractivity contribution is 5.79. The molecule has 2 aromatic rings. The molecule has 0 bridgehead atoms. The molecule has 0 aliphatic heterocycles. The number of benzene rings is 1. The molecule has 0 saturated heterocycles. The summed E-state index contributed by atoms with van der Waals surface area (Å²) in [5.41, 5.74) is 2.10. The monoisotopic (exact) mass is 390 g/mol. The minimum atomic E-state index is -0.467. The Morgan fingerprint density at radius 2 is 2.18 bits per heavy atom. The highest BCUT2D eigenvalue weighted by atomic mass is 16.6. The molecule has 0 aliphatic carbocycles. The fourth-order valence-electron chi connectivity index (χ4n) is 2.43. The second kappa shape index (κ2) is 10.9. The predicted molar refractivity (Wildman–Crippen MR) is 106 cm³/mol. The van der Waals surface area contributed by atoms with E-state index in [2.05, 4.69) is 20.7 Å². The number of rotatable bonds is 10. The second-order valence-electron chi connectivity index (χ2n) is 6.02.